The first-order chi connectivity index (χ1) is 12.6. The summed E-state index contributed by atoms with van der Waals surface area (Å²) in [4.78, 5) is 20.3. The van der Waals surface area contributed by atoms with E-state index in [4.69, 9.17) is 9.72 Å². The molecule has 4 nitrogen and oxygen atoms in total. The molecule has 0 N–H and O–H groups in total. The van der Waals surface area contributed by atoms with E-state index in [1.54, 1.807) is 23.3 Å². The molecule has 0 radical (unpaired) electrons. The van der Waals surface area contributed by atoms with Gasteiger partial charge in [-0.25, -0.2) is 9.37 Å². The Balaban J connectivity index is 1.54. The Morgan fingerprint density at radius 2 is 1.88 bits per heavy atom. The van der Waals surface area contributed by atoms with Crippen LogP contribution in [0, 0.1) is 5.82 Å². The minimum atomic E-state index is -0.339. The zero-order chi connectivity index (χ0) is 18.1. The quantitative estimate of drug-likeness (QED) is 0.697. The molecule has 0 aliphatic carbocycles. The van der Waals surface area contributed by atoms with Crippen LogP contribution in [0.15, 0.2) is 48.5 Å². The first kappa shape index (κ1) is 16.7. The third-order valence-electron chi connectivity index (χ3n) is 4.45. The summed E-state index contributed by atoms with van der Waals surface area (Å²) in [6, 6.07) is 13.5. The maximum Gasteiger partial charge on any atom is 0.254 e. The number of nitrogens with zero attached hydrogens (tertiary/aromatic N) is 2. The maximum atomic E-state index is 13.1. The van der Waals surface area contributed by atoms with Crippen molar-refractivity contribution in [1.29, 1.82) is 0 Å². The highest BCUT2D eigenvalue weighted by Crippen LogP contribution is 2.32. The number of carbonyl (C=O) groups is 1. The van der Waals surface area contributed by atoms with E-state index in [9.17, 15) is 9.18 Å². The zero-order valence-corrected chi connectivity index (χ0v) is 15.1. The highest BCUT2D eigenvalue weighted by atomic mass is 32.1. The molecule has 0 atom stereocenters. The van der Waals surface area contributed by atoms with Gasteiger partial charge in [-0.3, -0.25) is 4.79 Å². The number of amides is 1. The zero-order valence-electron chi connectivity index (χ0n) is 14.2. The second-order valence-electron chi connectivity index (χ2n) is 6.10. The fourth-order valence-electron chi connectivity index (χ4n) is 3.00. The largest absolute Gasteiger partial charge is 0.497 e. The van der Waals surface area contributed by atoms with Crippen LogP contribution < -0.4 is 4.74 Å². The molecule has 0 spiro atoms. The summed E-state index contributed by atoms with van der Waals surface area (Å²) in [5.74, 6) is 0.398. The number of aromatic nitrogens is 1. The van der Waals surface area contributed by atoms with E-state index in [1.165, 1.54) is 24.3 Å². The number of fused-ring (bicyclic) bond motifs is 1. The third-order valence-corrected chi connectivity index (χ3v) is 5.58. The van der Waals surface area contributed by atoms with Crippen molar-refractivity contribution in [1.82, 2.24) is 9.88 Å². The van der Waals surface area contributed by atoms with Gasteiger partial charge >= 0.3 is 0 Å². The molecule has 0 bridgehead atoms. The standard InChI is InChI=1S/C20H17FN2O2S/c1-25-16-8-4-13(5-9-16)19-22-17-10-11-23(12-18(17)26-19)20(24)14-2-6-15(21)7-3-14/h2-9H,10-12H2,1H3. The van der Waals surface area contributed by atoms with Gasteiger partial charge in [0.1, 0.15) is 16.6 Å². The molecule has 2 aromatic carbocycles. The number of carbonyl (C=O) groups excluding carboxylic acids is 1. The fourth-order valence-corrected chi connectivity index (χ4v) is 4.13. The Morgan fingerprint density at radius 3 is 2.58 bits per heavy atom. The van der Waals surface area contributed by atoms with Crippen molar-refractivity contribution >= 4 is 17.2 Å². The van der Waals surface area contributed by atoms with E-state index in [1.807, 2.05) is 24.3 Å². The molecule has 26 heavy (non-hydrogen) atoms. The van der Waals surface area contributed by atoms with Crippen LogP contribution >= 0.6 is 11.3 Å². The Morgan fingerprint density at radius 1 is 1.15 bits per heavy atom. The minimum Gasteiger partial charge on any atom is -0.497 e. The predicted octanol–water partition coefficient (Wildman–Crippen LogP) is 4.16. The van der Waals surface area contributed by atoms with Crippen LogP contribution in [0.4, 0.5) is 4.39 Å². The maximum absolute atomic E-state index is 13.1. The van der Waals surface area contributed by atoms with Crippen LogP contribution in [0.5, 0.6) is 5.75 Å². The molecule has 2 heterocycles. The molecule has 0 fully saturated rings. The van der Waals surface area contributed by atoms with Crippen LogP contribution in [0.25, 0.3) is 10.6 Å². The molecule has 3 aromatic rings. The number of thiazole rings is 1. The van der Waals surface area contributed by atoms with Gasteiger partial charge in [0.15, 0.2) is 0 Å². The summed E-state index contributed by atoms with van der Waals surface area (Å²) in [7, 11) is 1.64. The molecule has 0 saturated heterocycles. The number of hydrogen-bond donors (Lipinski definition) is 0. The lowest BCUT2D eigenvalue weighted by Crippen LogP contribution is -2.35. The van der Waals surface area contributed by atoms with Gasteiger partial charge in [0, 0.05) is 29.0 Å². The second-order valence-corrected chi connectivity index (χ2v) is 7.18. The van der Waals surface area contributed by atoms with Crippen molar-refractivity contribution in [3.8, 4) is 16.3 Å². The predicted molar refractivity (Wildman–Crippen MR) is 98.9 cm³/mol. The van der Waals surface area contributed by atoms with E-state index in [-0.39, 0.29) is 11.7 Å². The van der Waals surface area contributed by atoms with Crippen molar-refractivity contribution in [3.05, 3.63) is 70.5 Å². The lowest BCUT2D eigenvalue weighted by atomic mass is 10.1. The SMILES string of the molecule is COc1ccc(-c2nc3c(s2)CN(C(=O)c2ccc(F)cc2)CC3)cc1. The molecule has 1 aromatic heterocycles. The number of halogens is 1. The summed E-state index contributed by atoms with van der Waals surface area (Å²) >= 11 is 1.61. The minimum absolute atomic E-state index is 0.0740. The van der Waals surface area contributed by atoms with Gasteiger partial charge in [-0.1, -0.05) is 0 Å². The molecule has 0 unspecified atom stereocenters. The first-order valence-corrected chi connectivity index (χ1v) is 9.13. The van der Waals surface area contributed by atoms with Crippen LogP contribution in [0.3, 0.4) is 0 Å². The van der Waals surface area contributed by atoms with Crippen LogP contribution in [0.1, 0.15) is 20.9 Å². The fraction of sp³-hybridized carbons (Fsp3) is 0.200. The number of methoxy groups -OCH3 is 1. The summed E-state index contributed by atoms with van der Waals surface area (Å²) in [5.41, 5.74) is 2.61. The average Bonchev–Trinajstić information content (AvgIpc) is 3.11. The smallest absolute Gasteiger partial charge is 0.254 e. The van der Waals surface area contributed by atoms with Gasteiger partial charge in [0.2, 0.25) is 0 Å². The van der Waals surface area contributed by atoms with Gasteiger partial charge in [-0.05, 0) is 48.5 Å². The molecule has 1 aliphatic heterocycles. The van der Waals surface area contributed by atoms with Gasteiger partial charge in [0.25, 0.3) is 5.91 Å². The first-order valence-electron chi connectivity index (χ1n) is 8.32. The summed E-state index contributed by atoms with van der Waals surface area (Å²) in [6.45, 7) is 1.16. The molecule has 1 aliphatic rings. The van der Waals surface area contributed by atoms with E-state index in [0.717, 1.165) is 33.3 Å². The van der Waals surface area contributed by atoms with Crippen LogP contribution in [0.2, 0.25) is 0 Å². The summed E-state index contributed by atoms with van der Waals surface area (Å²) in [5, 5.41) is 0.953. The van der Waals surface area contributed by atoms with E-state index in [0.29, 0.717) is 18.7 Å². The van der Waals surface area contributed by atoms with Crippen molar-refractivity contribution in [2.24, 2.45) is 0 Å². The Labute approximate surface area is 154 Å². The molecule has 4 rings (SSSR count). The normalized spacial score (nSPS) is 13.4. The average molecular weight is 368 g/mol. The molecular formula is C20H17FN2O2S. The Bertz CT molecular complexity index is 935. The van der Waals surface area contributed by atoms with Crippen molar-refractivity contribution in [2.45, 2.75) is 13.0 Å². The third kappa shape index (κ3) is 3.20. The van der Waals surface area contributed by atoms with E-state index >= 15 is 0 Å². The monoisotopic (exact) mass is 368 g/mol. The Hall–Kier alpha value is -2.73. The van der Waals surface area contributed by atoms with Gasteiger partial charge < -0.3 is 9.64 Å². The van der Waals surface area contributed by atoms with E-state index in [2.05, 4.69) is 0 Å². The number of hydrogen-bond acceptors (Lipinski definition) is 4. The lowest BCUT2D eigenvalue weighted by molar-refractivity contribution is 0.0736. The number of rotatable bonds is 3. The van der Waals surface area contributed by atoms with Gasteiger partial charge in [-0.15, -0.1) is 11.3 Å². The lowest BCUT2D eigenvalue weighted by Gasteiger charge is -2.26. The molecule has 6 heteroatoms. The van der Waals surface area contributed by atoms with Crippen LogP contribution in [-0.2, 0) is 13.0 Å². The van der Waals surface area contributed by atoms with Crippen molar-refractivity contribution < 1.29 is 13.9 Å². The highest BCUT2D eigenvalue weighted by Gasteiger charge is 2.25. The molecular weight excluding hydrogens is 351 g/mol. The molecule has 1 amide bonds. The van der Waals surface area contributed by atoms with Gasteiger partial charge in [-0.2, -0.15) is 0 Å². The number of benzene rings is 2. The molecule has 0 saturated carbocycles. The second kappa shape index (κ2) is 6.88. The van der Waals surface area contributed by atoms with Crippen molar-refractivity contribution in [3.63, 3.8) is 0 Å². The topological polar surface area (TPSA) is 42.4 Å². The van der Waals surface area contributed by atoms with Crippen molar-refractivity contribution in [2.75, 3.05) is 13.7 Å². The van der Waals surface area contributed by atoms with E-state index < -0.39 is 0 Å². The number of ether oxygens (including phenoxy) is 1. The van der Waals surface area contributed by atoms with Crippen LogP contribution in [-0.4, -0.2) is 29.4 Å². The molecule has 132 valence electrons. The van der Waals surface area contributed by atoms with Gasteiger partial charge in [0.05, 0.1) is 19.3 Å². The highest BCUT2D eigenvalue weighted by molar-refractivity contribution is 7.15. The summed E-state index contributed by atoms with van der Waals surface area (Å²) < 4.78 is 18.3. The Kier molecular flexibility index (Phi) is 4.42. The summed E-state index contributed by atoms with van der Waals surface area (Å²) in [6.07, 6.45) is 0.731.